The van der Waals surface area contributed by atoms with Gasteiger partial charge in [-0.1, -0.05) is 36.9 Å². The number of aromatic nitrogens is 5. The van der Waals surface area contributed by atoms with Crippen LogP contribution in [-0.2, 0) is 19.0 Å². The fraction of sp³-hybridized carbons (Fsp3) is 0.184. The maximum Gasteiger partial charge on any atom is 0.433 e. The molecule has 0 amide bonds. The number of hydrogen-bond acceptors (Lipinski definition) is 10. The highest BCUT2D eigenvalue weighted by molar-refractivity contribution is 7.21. The number of para-hydroxylation sites is 1. The van der Waals surface area contributed by atoms with Crippen LogP contribution in [0.2, 0.25) is 0 Å². The molecule has 4 heterocycles. The molecule has 0 unspecified atom stereocenters. The topological polar surface area (TPSA) is 148 Å². The summed E-state index contributed by atoms with van der Waals surface area (Å²) in [5, 5.41) is 43.6. The molecule has 270 valence electrons. The van der Waals surface area contributed by atoms with E-state index < -0.39 is 11.9 Å². The van der Waals surface area contributed by atoms with Crippen LogP contribution in [0.5, 0.6) is 34.5 Å². The van der Waals surface area contributed by atoms with Crippen LogP contribution in [-0.4, -0.2) is 53.7 Å². The number of aryl methyl sites for hydroxylation is 2. The molecule has 1 aliphatic heterocycles. The Morgan fingerprint density at radius 2 is 1.55 bits per heavy atom. The van der Waals surface area contributed by atoms with E-state index >= 15 is 0 Å². The van der Waals surface area contributed by atoms with Gasteiger partial charge >= 0.3 is 6.18 Å². The predicted octanol–water partition coefficient (Wildman–Crippen LogP) is 8.76. The van der Waals surface area contributed by atoms with Gasteiger partial charge in [0.15, 0.2) is 22.9 Å². The zero-order valence-corrected chi connectivity index (χ0v) is 29.0. The number of thiazole rings is 1. The number of phenols is 3. The number of aromatic hydroxyl groups is 3. The molecule has 3 aromatic heterocycles. The molecule has 0 fully saturated rings. The predicted molar refractivity (Wildman–Crippen MR) is 192 cm³/mol. The normalized spacial score (nSPS) is 12.8. The molecule has 1 aliphatic rings. The molecular weight excluding hydrogens is 712 g/mol. The number of ether oxygens (including phenoxy) is 2. The molecule has 7 aromatic rings. The number of benzene rings is 4. The lowest BCUT2D eigenvalue weighted by atomic mass is 9.98. The van der Waals surface area contributed by atoms with E-state index in [0.717, 1.165) is 16.2 Å². The minimum Gasteiger partial charge on any atom is -0.508 e. The molecule has 15 heteroatoms. The summed E-state index contributed by atoms with van der Waals surface area (Å²) < 4.78 is 55.8. The maximum atomic E-state index is 14.5. The Balaban J connectivity index is 1.31. The Hall–Kier alpha value is -6.22. The number of aromatic amines is 1. The Kier molecular flexibility index (Phi) is 8.36. The van der Waals surface area contributed by atoms with Crippen LogP contribution >= 0.6 is 11.3 Å². The molecule has 0 spiro atoms. The maximum absolute atomic E-state index is 14.5. The van der Waals surface area contributed by atoms with Gasteiger partial charge in [-0.05, 0) is 65.9 Å². The van der Waals surface area contributed by atoms with Crippen molar-refractivity contribution >= 4 is 21.6 Å². The number of rotatable bonds is 8. The van der Waals surface area contributed by atoms with Gasteiger partial charge in [0.25, 0.3) is 0 Å². The lowest BCUT2D eigenvalue weighted by molar-refractivity contribution is -0.140. The highest BCUT2D eigenvalue weighted by Crippen LogP contribution is 2.47. The molecule has 0 saturated carbocycles. The molecule has 11 nitrogen and oxygen atoms in total. The van der Waals surface area contributed by atoms with Gasteiger partial charge in [0.2, 0.25) is 0 Å². The van der Waals surface area contributed by atoms with Gasteiger partial charge in [0.1, 0.15) is 46.9 Å². The first-order valence-corrected chi connectivity index (χ1v) is 17.4. The summed E-state index contributed by atoms with van der Waals surface area (Å²) in [6.45, 7) is 4.41. The molecule has 53 heavy (non-hydrogen) atoms. The lowest BCUT2D eigenvalue weighted by Crippen LogP contribution is -2.15. The fourth-order valence-corrected chi connectivity index (χ4v) is 7.32. The van der Waals surface area contributed by atoms with E-state index in [-0.39, 0.29) is 56.1 Å². The second kappa shape index (κ2) is 13.1. The smallest absolute Gasteiger partial charge is 0.433 e. The van der Waals surface area contributed by atoms with Crippen molar-refractivity contribution in [2.75, 3.05) is 13.2 Å². The highest BCUT2D eigenvalue weighted by atomic mass is 32.1. The van der Waals surface area contributed by atoms with E-state index in [2.05, 4.69) is 20.3 Å². The van der Waals surface area contributed by atoms with Crippen LogP contribution in [0.25, 0.3) is 54.4 Å². The summed E-state index contributed by atoms with van der Waals surface area (Å²) in [5.74, 6) is 0.523. The first kappa shape index (κ1) is 33.9. The third-order valence-corrected chi connectivity index (χ3v) is 10.00. The SMILES string of the molecule is CCc1cc(-c2nn(Oc3cc(O)c(CC)cc3-c3n[nH]c(C(F)(F)F)c3-c3nc4ccccc4s3)cc2-c2ccc3c(c2)OCCO3)c(O)cc1O. The number of phenolic OH excluding ortho intramolecular Hbond substituents is 3. The number of H-pyrrole nitrogens is 1. The first-order valence-electron chi connectivity index (χ1n) is 16.6. The van der Waals surface area contributed by atoms with Gasteiger partial charge in [0, 0.05) is 28.8 Å². The Morgan fingerprint density at radius 3 is 2.28 bits per heavy atom. The number of hydrogen-bond donors (Lipinski definition) is 4. The lowest BCUT2D eigenvalue weighted by Gasteiger charge is -2.19. The van der Waals surface area contributed by atoms with Gasteiger partial charge in [-0.15, -0.1) is 16.4 Å². The molecule has 0 aliphatic carbocycles. The van der Waals surface area contributed by atoms with Crippen molar-refractivity contribution in [1.29, 1.82) is 0 Å². The molecule has 8 rings (SSSR count). The molecule has 4 N–H and O–H groups in total. The van der Waals surface area contributed by atoms with Crippen molar-refractivity contribution in [1.82, 2.24) is 25.1 Å². The number of halogens is 3. The Bertz CT molecular complexity index is 2490. The quantitative estimate of drug-likeness (QED) is 0.120. The summed E-state index contributed by atoms with van der Waals surface area (Å²) in [4.78, 5) is 11.9. The van der Waals surface area contributed by atoms with Gasteiger partial charge in [-0.25, -0.2) is 4.98 Å². The van der Waals surface area contributed by atoms with Crippen LogP contribution in [0.1, 0.15) is 30.7 Å². The third kappa shape index (κ3) is 6.12. The van der Waals surface area contributed by atoms with Crippen LogP contribution in [0, 0.1) is 0 Å². The number of fused-ring (bicyclic) bond motifs is 2. The molecule has 4 aromatic carbocycles. The van der Waals surface area contributed by atoms with Crippen molar-refractivity contribution in [2.24, 2.45) is 0 Å². The second-order valence-corrected chi connectivity index (χ2v) is 13.3. The zero-order valence-electron chi connectivity index (χ0n) is 28.2. The highest BCUT2D eigenvalue weighted by Gasteiger charge is 2.40. The summed E-state index contributed by atoms with van der Waals surface area (Å²) in [6, 6.07) is 18.0. The summed E-state index contributed by atoms with van der Waals surface area (Å²) in [6.07, 6.45) is -2.45. The number of alkyl halides is 3. The fourth-order valence-electron chi connectivity index (χ4n) is 6.30. The largest absolute Gasteiger partial charge is 0.508 e. The van der Waals surface area contributed by atoms with E-state index in [1.54, 1.807) is 55.5 Å². The van der Waals surface area contributed by atoms with Gasteiger partial charge < -0.3 is 29.6 Å². The van der Waals surface area contributed by atoms with Gasteiger partial charge in [-0.2, -0.15) is 18.3 Å². The van der Waals surface area contributed by atoms with E-state index in [9.17, 15) is 28.5 Å². The standard InChI is InChI=1S/C38H30F3N5O6S/c1-3-19-13-22(28(49)16-26(19)47)34-24(21-9-10-29-31(15-21)51-12-11-50-29)18-46(45-34)52-30-17-27(48)20(4-2)14-23(30)35-33(36(44-43-35)38(39,40)41)37-42-25-7-5-6-8-32(25)53-37/h5-10,13-18,47-49H,3-4,11-12H2,1-2H3,(H,43,44). The Morgan fingerprint density at radius 1 is 0.830 bits per heavy atom. The van der Waals surface area contributed by atoms with E-state index in [1.165, 1.54) is 24.4 Å². The van der Waals surface area contributed by atoms with E-state index in [0.29, 0.717) is 70.0 Å². The van der Waals surface area contributed by atoms with Crippen molar-refractivity contribution < 1.29 is 42.8 Å². The van der Waals surface area contributed by atoms with Crippen LogP contribution in [0.4, 0.5) is 13.2 Å². The van der Waals surface area contributed by atoms with Crippen molar-refractivity contribution in [3.63, 3.8) is 0 Å². The third-order valence-electron chi connectivity index (χ3n) is 8.95. The van der Waals surface area contributed by atoms with Crippen LogP contribution < -0.4 is 14.3 Å². The average Bonchev–Trinajstić information content (AvgIpc) is 3.89. The summed E-state index contributed by atoms with van der Waals surface area (Å²) in [7, 11) is 0. The minimum atomic E-state index is -4.80. The molecule has 0 atom stereocenters. The van der Waals surface area contributed by atoms with Crippen molar-refractivity contribution in [2.45, 2.75) is 32.9 Å². The van der Waals surface area contributed by atoms with Gasteiger partial charge in [0.05, 0.1) is 22.0 Å². The second-order valence-electron chi connectivity index (χ2n) is 12.2. The monoisotopic (exact) mass is 741 g/mol. The molecule has 0 bridgehead atoms. The number of nitrogens with zero attached hydrogens (tertiary/aromatic N) is 4. The van der Waals surface area contributed by atoms with E-state index in [1.807, 2.05) is 6.92 Å². The summed E-state index contributed by atoms with van der Waals surface area (Å²) in [5.41, 5.74) is 1.88. The minimum absolute atomic E-state index is 0.0609. The van der Waals surface area contributed by atoms with Crippen LogP contribution in [0.3, 0.4) is 0 Å². The van der Waals surface area contributed by atoms with Crippen molar-refractivity contribution in [3.05, 3.63) is 89.7 Å². The van der Waals surface area contributed by atoms with Crippen molar-refractivity contribution in [3.8, 4) is 78.7 Å². The average molecular weight is 742 g/mol. The van der Waals surface area contributed by atoms with Crippen LogP contribution in [0.15, 0.2) is 72.9 Å². The van der Waals surface area contributed by atoms with Gasteiger partial charge in [-0.3, -0.25) is 5.10 Å². The Labute approximate surface area is 303 Å². The van der Waals surface area contributed by atoms with E-state index in [4.69, 9.17) is 14.3 Å². The zero-order chi connectivity index (χ0) is 37.0. The molecule has 0 saturated heterocycles. The molecular formula is C38H30F3N5O6S. The summed E-state index contributed by atoms with van der Waals surface area (Å²) >= 11 is 1.09. The number of nitrogens with one attached hydrogen (secondary N) is 1. The first-order chi connectivity index (χ1) is 25.5. The molecule has 0 radical (unpaired) electrons.